The minimum atomic E-state index is -0.869. The molecule has 0 amide bonds. The summed E-state index contributed by atoms with van der Waals surface area (Å²) in [5.74, 6) is -0.0151. The van der Waals surface area contributed by atoms with Crippen molar-refractivity contribution in [1.29, 1.82) is 0 Å². The maximum Gasteiger partial charge on any atom is 0.192 e. The Balaban J connectivity index is 1.48. The lowest BCUT2D eigenvalue weighted by atomic mass is 9.88. The molecule has 6 heteroatoms. The fourth-order valence-corrected chi connectivity index (χ4v) is 5.08. The molecule has 2 aliphatic heterocycles. The SMILES string of the molecule is CO[C@@H]1C(COCc2ccccc2)=C(C)[C@]2(Oc3ccccc3)[C@@H]1O[C@@H]1OC(C)(C)O[C@@H]12. The normalized spacial score (nSPS) is 32.8. The highest BCUT2D eigenvalue weighted by Gasteiger charge is 2.71. The van der Waals surface area contributed by atoms with Crippen LogP contribution in [0.2, 0.25) is 0 Å². The van der Waals surface area contributed by atoms with Crippen LogP contribution in [0.15, 0.2) is 71.8 Å². The fraction of sp³-hybridized carbons (Fsp3) is 0.462. The average molecular weight is 439 g/mol. The standard InChI is InChI=1S/C26H30O6/c1-17-20(16-28-15-18-11-7-5-8-12-18)21(27-4)22-26(17,30-19-13-9-6-10-14-19)23-24(29-22)32-25(2,3)31-23/h5-14,21-24H,15-16H2,1-4H3/t21-,22-,23+,24-,26+/m1/s1. The number of hydrogen-bond acceptors (Lipinski definition) is 6. The van der Waals surface area contributed by atoms with Crippen LogP contribution in [-0.2, 0) is 30.3 Å². The van der Waals surface area contributed by atoms with E-state index in [0.717, 1.165) is 22.5 Å². The molecule has 0 N–H and O–H groups in total. The first-order valence-corrected chi connectivity index (χ1v) is 11.0. The van der Waals surface area contributed by atoms with Crippen LogP contribution in [0.4, 0.5) is 0 Å². The predicted molar refractivity (Wildman–Crippen MR) is 118 cm³/mol. The van der Waals surface area contributed by atoms with E-state index in [9.17, 15) is 0 Å². The van der Waals surface area contributed by atoms with Crippen molar-refractivity contribution in [2.75, 3.05) is 13.7 Å². The molecule has 2 heterocycles. The maximum atomic E-state index is 6.71. The van der Waals surface area contributed by atoms with Crippen LogP contribution >= 0.6 is 0 Å². The first kappa shape index (κ1) is 21.6. The van der Waals surface area contributed by atoms with E-state index >= 15 is 0 Å². The average Bonchev–Trinajstić information content (AvgIpc) is 3.32. The summed E-state index contributed by atoms with van der Waals surface area (Å²) in [6.45, 7) is 6.79. The summed E-state index contributed by atoms with van der Waals surface area (Å²) in [6, 6.07) is 19.9. The largest absolute Gasteiger partial charge is 0.477 e. The van der Waals surface area contributed by atoms with Gasteiger partial charge < -0.3 is 28.4 Å². The summed E-state index contributed by atoms with van der Waals surface area (Å²) in [4.78, 5) is 0. The molecular formula is C26H30O6. The lowest BCUT2D eigenvalue weighted by molar-refractivity contribution is -0.228. The lowest BCUT2D eigenvalue weighted by Crippen LogP contribution is -2.54. The second-order valence-corrected chi connectivity index (χ2v) is 8.97. The molecule has 1 aliphatic carbocycles. The molecule has 0 spiro atoms. The summed E-state index contributed by atoms with van der Waals surface area (Å²) in [7, 11) is 1.69. The van der Waals surface area contributed by atoms with E-state index in [1.807, 2.05) is 62.4 Å². The van der Waals surface area contributed by atoms with E-state index in [-0.39, 0.29) is 6.10 Å². The van der Waals surface area contributed by atoms with Crippen molar-refractivity contribution in [2.24, 2.45) is 0 Å². The number of rotatable bonds is 7. The molecule has 0 aromatic heterocycles. The first-order valence-electron chi connectivity index (χ1n) is 11.0. The molecule has 5 atom stereocenters. The third-order valence-electron chi connectivity index (χ3n) is 6.52. The highest BCUT2D eigenvalue weighted by Crippen LogP contribution is 2.54. The number of benzene rings is 2. The van der Waals surface area contributed by atoms with Gasteiger partial charge in [-0.15, -0.1) is 0 Å². The van der Waals surface area contributed by atoms with Crippen LogP contribution in [-0.4, -0.2) is 49.7 Å². The highest BCUT2D eigenvalue weighted by atomic mass is 16.8. The zero-order valence-corrected chi connectivity index (χ0v) is 18.9. The van der Waals surface area contributed by atoms with Crippen LogP contribution in [0.3, 0.4) is 0 Å². The molecule has 0 unspecified atom stereocenters. The number of methoxy groups -OCH3 is 1. The van der Waals surface area contributed by atoms with Crippen molar-refractivity contribution < 1.29 is 28.4 Å². The van der Waals surface area contributed by atoms with Crippen molar-refractivity contribution in [2.45, 2.75) is 63.4 Å². The van der Waals surface area contributed by atoms with Gasteiger partial charge >= 0.3 is 0 Å². The van der Waals surface area contributed by atoms with Gasteiger partial charge in [-0.1, -0.05) is 48.5 Å². The fourth-order valence-electron chi connectivity index (χ4n) is 5.08. The molecule has 170 valence electrons. The number of para-hydroxylation sites is 1. The van der Waals surface area contributed by atoms with Crippen LogP contribution in [0.25, 0.3) is 0 Å². The minimum Gasteiger partial charge on any atom is -0.477 e. The van der Waals surface area contributed by atoms with Gasteiger partial charge in [0.05, 0.1) is 13.2 Å². The van der Waals surface area contributed by atoms with E-state index in [4.69, 9.17) is 28.4 Å². The molecule has 6 nitrogen and oxygen atoms in total. The van der Waals surface area contributed by atoms with Crippen molar-refractivity contribution >= 4 is 0 Å². The quantitative estimate of drug-likeness (QED) is 0.603. The van der Waals surface area contributed by atoms with E-state index in [1.54, 1.807) is 7.11 Å². The van der Waals surface area contributed by atoms with Crippen molar-refractivity contribution in [3.63, 3.8) is 0 Å². The molecule has 2 aromatic rings. The predicted octanol–water partition coefficient (Wildman–Crippen LogP) is 4.24. The Bertz CT molecular complexity index is 972. The smallest absolute Gasteiger partial charge is 0.192 e. The lowest BCUT2D eigenvalue weighted by Gasteiger charge is -2.36. The van der Waals surface area contributed by atoms with Gasteiger partial charge in [-0.25, -0.2) is 0 Å². The topological polar surface area (TPSA) is 55.4 Å². The number of hydrogen-bond donors (Lipinski definition) is 0. The van der Waals surface area contributed by atoms with Gasteiger partial charge in [0.2, 0.25) is 0 Å². The van der Waals surface area contributed by atoms with Crippen LogP contribution in [0.1, 0.15) is 26.3 Å². The van der Waals surface area contributed by atoms with Gasteiger partial charge in [-0.2, -0.15) is 0 Å². The summed E-state index contributed by atoms with van der Waals surface area (Å²) in [5, 5.41) is 0. The Labute approximate surface area is 189 Å². The zero-order chi connectivity index (χ0) is 22.3. The summed E-state index contributed by atoms with van der Waals surface area (Å²) >= 11 is 0. The number of fused-ring (bicyclic) bond motifs is 3. The van der Waals surface area contributed by atoms with Crippen LogP contribution < -0.4 is 4.74 Å². The summed E-state index contributed by atoms with van der Waals surface area (Å²) in [5.41, 5.74) is 2.29. The second-order valence-electron chi connectivity index (χ2n) is 8.97. The molecule has 0 bridgehead atoms. The summed E-state index contributed by atoms with van der Waals surface area (Å²) in [6.07, 6.45) is -1.69. The Morgan fingerprint density at radius 1 is 0.875 bits per heavy atom. The molecular weight excluding hydrogens is 408 g/mol. The van der Waals surface area contributed by atoms with Gasteiger partial charge in [0.25, 0.3) is 0 Å². The molecule has 0 saturated carbocycles. The molecule has 2 aromatic carbocycles. The molecule has 32 heavy (non-hydrogen) atoms. The van der Waals surface area contributed by atoms with Crippen molar-refractivity contribution in [3.8, 4) is 5.75 Å². The molecule has 2 saturated heterocycles. The van der Waals surface area contributed by atoms with E-state index in [2.05, 4.69) is 19.1 Å². The van der Waals surface area contributed by atoms with Crippen LogP contribution in [0.5, 0.6) is 5.75 Å². The summed E-state index contributed by atoms with van der Waals surface area (Å²) < 4.78 is 37.5. The molecule has 5 rings (SSSR count). The third-order valence-corrected chi connectivity index (χ3v) is 6.52. The second kappa shape index (κ2) is 8.28. The van der Waals surface area contributed by atoms with Crippen molar-refractivity contribution in [3.05, 3.63) is 77.4 Å². The van der Waals surface area contributed by atoms with E-state index < -0.39 is 29.9 Å². The Morgan fingerprint density at radius 3 is 2.25 bits per heavy atom. The van der Waals surface area contributed by atoms with Gasteiger partial charge in [0, 0.05) is 7.11 Å². The first-order chi connectivity index (χ1) is 15.4. The minimum absolute atomic E-state index is 0.324. The Hall–Kier alpha value is -2.22. The number of ether oxygens (including phenoxy) is 6. The monoisotopic (exact) mass is 438 g/mol. The van der Waals surface area contributed by atoms with Gasteiger partial charge in [0.15, 0.2) is 23.8 Å². The highest BCUT2D eigenvalue weighted by molar-refractivity contribution is 5.44. The maximum absolute atomic E-state index is 6.71. The molecule has 0 radical (unpaired) electrons. The van der Waals surface area contributed by atoms with Crippen molar-refractivity contribution in [1.82, 2.24) is 0 Å². The Kier molecular flexibility index (Phi) is 5.60. The van der Waals surface area contributed by atoms with Gasteiger partial charge in [-0.3, -0.25) is 0 Å². The van der Waals surface area contributed by atoms with E-state index in [1.165, 1.54) is 0 Å². The molecule has 2 fully saturated rings. The van der Waals surface area contributed by atoms with Gasteiger partial charge in [0.1, 0.15) is 18.0 Å². The Morgan fingerprint density at radius 2 is 1.56 bits per heavy atom. The molecule has 3 aliphatic rings. The van der Waals surface area contributed by atoms with E-state index in [0.29, 0.717) is 13.2 Å². The van der Waals surface area contributed by atoms with Gasteiger partial charge in [-0.05, 0) is 49.6 Å². The van der Waals surface area contributed by atoms with Crippen LogP contribution in [0, 0.1) is 0 Å². The zero-order valence-electron chi connectivity index (χ0n) is 18.9. The third kappa shape index (κ3) is 3.56.